The number of benzene rings is 2. The minimum Gasteiger partial charge on any atom is -0.443 e. The summed E-state index contributed by atoms with van der Waals surface area (Å²) in [6, 6.07) is 20.0. The molecular formula is C21H21N3O2. The van der Waals surface area contributed by atoms with Gasteiger partial charge in [-0.1, -0.05) is 60.7 Å². The van der Waals surface area contributed by atoms with Crippen LogP contribution in [0.2, 0.25) is 0 Å². The van der Waals surface area contributed by atoms with Crippen LogP contribution in [0, 0.1) is 0 Å². The van der Waals surface area contributed by atoms with Crippen LogP contribution in [0.3, 0.4) is 0 Å². The van der Waals surface area contributed by atoms with Gasteiger partial charge in [-0.15, -0.1) is 0 Å². The van der Waals surface area contributed by atoms with Gasteiger partial charge < -0.3 is 14.6 Å². The van der Waals surface area contributed by atoms with Crippen LogP contribution < -0.4 is 5.32 Å². The standard InChI is InChI=1S/C21H21N3O2/c25-21(19-20(26-15-23-19)17-9-5-2-6-10-17)24-12-11-22-14-18(24)13-16-7-3-1-4-8-16/h1-10,15,18,22H,11-14H2/t18-/m1/s1. The molecule has 0 spiro atoms. The van der Waals surface area contributed by atoms with Crippen molar-refractivity contribution in [1.82, 2.24) is 15.2 Å². The van der Waals surface area contributed by atoms with Gasteiger partial charge in [0.25, 0.3) is 5.91 Å². The van der Waals surface area contributed by atoms with Crippen molar-refractivity contribution in [3.8, 4) is 11.3 Å². The van der Waals surface area contributed by atoms with Gasteiger partial charge >= 0.3 is 0 Å². The molecule has 1 atom stereocenters. The largest absolute Gasteiger partial charge is 0.443 e. The molecule has 1 amide bonds. The van der Waals surface area contributed by atoms with Crippen LogP contribution in [0.4, 0.5) is 0 Å². The summed E-state index contributed by atoms with van der Waals surface area (Å²) < 4.78 is 5.54. The van der Waals surface area contributed by atoms with Gasteiger partial charge in [-0.05, 0) is 12.0 Å². The second-order valence-corrected chi connectivity index (χ2v) is 6.44. The minimum absolute atomic E-state index is 0.0694. The van der Waals surface area contributed by atoms with E-state index in [1.165, 1.54) is 12.0 Å². The number of carbonyl (C=O) groups is 1. The first-order valence-corrected chi connectivity index (χ1v) is 8.87. The monoisotopic (exact) mass is 347 g/mol. The van der Waals surface area contributed by atoms with Crippen molar-refractivity contribution < 1.29 is 9.21 Å². The summed E-state index contributed by atoms with van der Waals surface area (Å²) in [5.41, 5.74) is 2.47. The molecule has 1 N–H and O–H groups in total. The Morgan fingerprint density at radius 3 is 2.62 bits per heavy atom. The quantitative estimate of drug-likeness (QED) is 0.788. The second-order valence-electron chi connectivity index (χ2n) is 6.44. The fourth-order valence-corrected chi connectivity index (χ4v) is 3.43. The van der Waals surface area contributed by atoms with Crippen molar-refractivity contribution in [3.63, 3.8) is 0 Å². The molecule has 26 heavy (non-hydrogen) atoms. The number of rotatable bonds is 4. The SMILES string of the molecule is O=C(c1ncoc1-c1ccccc1)N1CCNC[C@H]1Cc1ccccc1. The predicted octanol–water partition coefficient (Wildman–Crippen LogP) is 3.00. The number of hydrogen-bond acceptors (Lipinski definition) is 4. The van der Waals surface area contributed by atoms with Crippen LogP contribution >= 0.6 is 0 Å². The molecule has 1 fully saturated rings. The van der Waals surface area contributed by atoms with Gasteiger partial charge in [0.1, 0.15) is 0 Å². The van der Waals surface area contributed by atoms with Crippen LogP contribution in [0.1, 0.15) is 16.1 Å². The van der Waals surface area contributed by atoms with E-state index in [9.17, 15) is 4.79 Å². The van der Waals surface area contributed by atoms with Gasteiger partial charge in [0.05, 0.1) is 0 Å². The molecule has 5 heteroatoms. The Labute approximate surface area is 152 Å². The molecule has 0 saturated carbocycles. The summed E-state index contributed by atoms with van der Waals surface area (Å²) in [6.45, 7) is 2.23. The minimum atomic E-state index is -0.0694. The average Bonchev–Trinajstić information content (AvgIpc) is 3.19. The van der Waals surface area contributed by atoms with E-state index in [0.29, 0.717) is 18.0 Å². The van der Waals surface area contributed by atoms with Crippen molar-refractivity contribution in [1.29, 1.82) is 0 Å². The molecule has 1 aliphatic rings. The van der Waals surface area contributed by atoms with Crippen molar-refractivity contribution in [3.05, 3.63) is 78.3 Å². The summed E-state index contributed by atoms with van der Waals surface area (Å²) in [4.78, 5) is 19.4. The Morgan fingerprint density at radius 2 is 1.85 bits per heavy atom. The zero-order valence-electron chi connectivity index (χ0n) is 14.5. The number of aromatic nitrogens is 1. The lowest BCUT2D eigenvalue weighted by Crippen LogP contribution is -2.54. The number of nitrogens with one attached hydrogen (secondary N) is 1. The Kier molecular flexibility index (Phi) is 4.80. The van der Waals surface area contributed by atoms with Crippen molar-refractivity contribution in [2.75, 3.05) is 19.6 Å². The van der Waals surface area contributed by atoms with Gasteiger partial charge in [0, 0.05) is 31.2 Å². The first-order valence-electron chi connectivity index (χ1n) is 8.87. The number of nitrogens with zero attached hydrogens (tertiary/aromatic N) is 2. The number of amides is 1. The van der Waals surface area contributed by atoms with Gasteiger partial charge in [0.15, 0.2) is 17.8 Å². The zero-order chi connectivity index (χ0) is 17.8. The van der Waals surface area contributed by atoms with Crippen LogP contribution in [0.5, 0.6) is 0 Å². The topological polar surface area (TPSA) is 58.4 Å². The summed E-state index contributed by atoms with van der Waals surface area (Å²) >= 11 is 0. The first kappa shape index (κ1) is 16.5. The third-order valence-corrected chi connectivity index (χ3v) is 4.73. The summed E-state index contributed by atoms with van der Waals surface area (Å²) in [5.74, 6) is 0.465. The fourth-order valence-electron chi connectivity index (χ4n) is 3.43. The highest BCUT2D eigenvalue weighted by Crippen LogP contribution is 2.25. The summed E-state index contributed by atoms with van der Waals surface area (Å²) in [7, 11) is 0. The van der Waals surface area contributed by atoms with E-state index >= 15 is 0 Å². The lowest BCUT2D eigenvalue weighted by molar-refractivity contribution is 0.0631. The van der Waals surface area contributed by atoms with E-state index in [2.05, 4.69) is 22.4 Å². The molecule has 3 aromatic rings. The maximum Gasteiger partial charge on any atom is 0.276 e. The Bertz CT molecular complexity index is 861. The maximum absolute atomic E-state index is 13.2. The molecule has 132 valence electrons. The van der Waals surface area contributed by atoms with Crippen LogP contribution in [-0.4, -0.2) is 41.5 Å². The third-order valence-electron chi connectivity index (χ3n) is 4.73. The van der Waals surface area contributed by atoms with Gasteiger partial charge in [0.2, 0.25) is 0 Å². The van der Waals surface area contributed by atoms with Gasteiger partial charge in [-0.3, -0.25) is 4.79 Å². The molecule has 0 bridgehead atoms. The van der Waals surface area contributed by atoms with Crippen molar-refractivity contribution in [2.45, 2.75) is 12.5 Å². The molecule has 0 aliphatic carbocycles. The molecular weight excluding hydrogens is 326 g/mol. The molecule has 4 rings (SSSR count). The second kappa shape index (κ2) is 7.54. The molecule has 0 unspecified atom stereocenters. The average molecular weight is 347 g/mol. The molecule has 2 aromatic carbocycles. The van der Waals surface area contributed by atoms with E-state index in [0.717, 1.165) is 25.1 Å². The molecule has 2 heterocycles. The zero-order valence-corrected chi connectivity index (χ0v) is 14.5. The highest BCUT2D eigenvalue weighted by Gasteiger charge is 2.31. The van der Waals surface area contributed by atoms with Gasteiger partial charge in [-0.2, -0.15) is 0 Å². The smallest absolute Gasteiger partial charge is 0.276 e. The van der Waals surface area contributed by atoms with E-state index in [-0.39, 0.29) is 11.9 Å². The van der Waals surface area contributed by atoms with E-state index in [1.807, 2.05) is 53.4 Å². The highest BCUT2D eigenvalue weighted by molar-refractivity contribution is 5.97. The Balaban J connectivity index is 1.59. The number of carbonyl (C=O) groups excluding carboxylic acids is 1. The fraction of sp³-hybridized carbons (Fsp3) is 0.238. The molecule has 1 saturated heterocycles. The first-order chi connectivity index (χ1) is 12.8. The number of oxazole rings is 1. The number of piperazine rings is 1. The summed E-state index contributed by atoms with van der Waals surface area (Å²) in [5, 5.41) is 3.39. The number of hydrogen-bond donors (Lipinski definition) is 1. The van der Waals surface area contributed by atoms with Crippen LogP contribution in [0.15, 0.2) is 71.5 Å². The van der Waals surface area contributed by atoms with Crippen LogP contribution in [0.25, 0.3) is 11.3 Å². The van der Waals surface area contributed by atoms with Crippen molar-refractivity contribution >= 4 is 5.91 Å². The molecule has 1 aromatic heterocycles. The van der Waals surface area contributed by atoms with E-state index in [1.54, 1.807) is 0 Å². The van der Waals surface area contributed by atoms with E-state index < -0.39 is 0 Å². The molecule has 0 radical (unpaired) electrons. The molecule has 5 nitrogen and oxygen atoms in total. The Morgan fingerprint density at radius 1 is 1.12 bits per heavy atom. The van der Waals surface area contributed by atoms with Gasteiger partial charge in [-0.25, -0.2) is 4.98 Å². The van der Waals surface area contributed by atoms with E-state index in [4.69, 9.17) is 4.42 Å². The lowest BCUT2D eigenvalue weighted by Gasteiger charge is -2.36. The highest BCUT2D eigenvalue weighted by atomic mass is 16.3. The normalized spacial score (nSPS) is 17.2. The third kappa shape index (κ3) is 3.39. The Hall–Kier alpha value is -2.92. The maximum atomic E-state index is 13.2. The van der Waals surface area contributed by atoms with Crippen molar-refractivity contribution in [2.24, 2.45) is 0 Å². The van der Waals surface area contributed by atoms with Crippen LogP contribution in [-0.2, 0) is 6.42 Å². The predicted molar refractivity (Wildman–Crippen MR) is 99.8 cm³/mol. The molecule has 1 aliphatic heterocycles. The lowest BCUT2D eigenvalue weighted by atomic mass is 10.0. The summed E-state index contributed by atoms with van der Waals surface area (Å²) in [6.07, 6.45) is 2.17.